The first kappa shape index (κ1) is 8.75. The van der Waals surface area contributed by atoms with Gasteiger partial charge in [0.05, 0.1) is 6.26 Å². The molecule has 70 valence electrons. The zero-order chi connectivity index (χ0) is 9.97. The van der Waals surface area contributed by atoms with Crippen LogP contribution >= 0.6 is 0 Å². The fourth-order valence-electron chi connectivity index (χ4n) is 1.44. The van der Waals surface area contributed by atoms with Crippen LogP contribution in [0.5, 0.6) is 0 Å². The SMILES string of the molecule is Cc1ccc(-c2ccco2)c(C=O)c1. The Morgan fingerprint density at radius 2 is 2.14 bits per heavy atom. The first-order valence-electron chi connectivity index (χ1n) is 4.41. The fourth-order valence-corrected chi connectivity index (χ4v) is 1.44. The highest BCUT2D eigenvalue weighted by molar-refractivity contribution is 5.86. The molecule has 1 aromatic carbocycles. The van der Waals surface area contributed by atoms with Crippen LogP contribution in [0.2, 0.25) is 0 Å². The van der Waals surface area contributed by atoms with Crippen molar-refractivity contribution in [3.63, 3.8) is 0 Å². The summed E-state index contributed by atoms with van der Waals surface area (Å²) in [5.74, 6) is 0.729. The zero-order valence-electron chi connectivity index (χ0n) is 7.86. The molecule has 0 atom stereocenters. The second-order valence-electron chi connectivity index (χ2n) is 3.19. The van der Waals surface area contributed by atoms with Crippen molar-refractivity contribution in [1.82, 2.24) is 0 Å². The Kier molecular flexibility index (Phi) is 2.19. The number of aryl methyl sites for hydroxylation is 1. The molecule has 0 saturated heterocycles. The topological polar surface area (TPSA) is 30.2 Å². The number of carbonyl (C=O) groups excluding carboxylic acids is 1. The van der Waals surface area contributed by atoms with Crippen LogP contribution in [0.15, 0.2) is 41.0 Å². The van der Waals surface area contributed by atoms with Crippen molar-refractivity contribution in [2.75, 3.05) is 0 Å². The molecule has 0 spiro atoms. The van der Waals surface area contributed by atoms with E-state index in [-0.39, 0.29) is 0 Å². The van der Waals surface area contributed by atoms with Crippen LogP contribution in [0, 0.1) is 6.92 Å². The normalized spacial score (nSPS) is 10.1. The van der Waals surface area contributed by atoms with Gasteiger partial charge in [0, 0.05) is 11.1 Å². The van der Waals surface area contributed by atoms with E-state index in [1.54, 1.807) is 6.26 Å². The second kappa shape index (κ2) is 3.50. The van der Waals surface area contributed by atoms with Crippen molar-refractivity contribution in [3.05, 3.63) is 47.7 Å². The van der Waals surface area contributed by atoms with E-state index in [2.05, 4.69) is 0 Å². The van der Waals surface area contributed by atoms with E-state index in [1.165, 1.54) is 0 Å². The molecule has 0 saturated carbocycles. The molecule has 0 unspecified atom stereocenters. The van der Waals surface area contributed by atoms with E-state index >= 15 is 0 Å². The summed E-state index contributed by atoms with van der Waals surface area (Å²) in [6.07, 6.45) is 2.45. The Bertz CT molecular complexity index is 441. The summed E-state index contributed by atoms with van der Waals surface area (Å²) in [6.45, 7) is 1.96. The standard InChI is InChI=1S/C12H10O2/c1-9-4-5-11(10(7-9)8-13)12-3-2-6-14-12/h2-8H,1H3. The third kappa shape index (κ3) is 1.46. The van der Waals surface area contributed by atoms with E-state index in [9.17, 15) is 4.79 Å². The second-order valence-corrected chi connectivity index (χ2v) is 3.19. The molecular weight excluding hydrogens is 176 g/mol. The van der Waals surface area contributed by atoms with Gasteiger partial charge in [-0.3, -0.25) is 4.79 Å². The molecule has 0 radical (unpaired) electrons. The molecule has 2 nitrogen and oxygen atoms in total. The first-order chi connectivity index (χ1) is 6.81. The lowest BCUT2D eigenvalue weighted by Gasteiger charge is -2.01. The Morgan fingerprint density at radius 1 is 1.29 bits per heavy atom. The van der Waals surface area contributed by atoms with Crippen LogP contribution < -0.4 is 0 Å². The average Bonchev–Trinajstić information content (AvgIpc) is 2.70. The van der Waals surface area contributed by atoms with Crippen molar-refractivity contribution < 1.29 is 9.21 Å². The molecule has 2 heteroatoms. The van der Waals surface area contributed by atoms with Gasteiger partial charge in [0.25, 0.3) is 0 Å². The van der Waals surface area contributed by atoms with Crippen LogP contribution in [-0.2, 0) is 0 Å². The van der Waals surface area contributed by atoms with E-state index in [0.29, 0.717) is 5.56 Å². The summed E-state index contributed by atoms with van der Waals surface area (Å²) < 4.78 is 5.24. The highest BCUT2D eigenvalue weighted by atomic mass is 16.3. The molecule has 2 rings (SSSR count). The summed E-state index contributed by atoms with van der Waals surface area (Å²) in [6, 6.07) is 9.37. The number of carbonyl (C=O) groups is 1. The van der Waals surface area contributed by atoms with Crippen LogP contribution in [-0.4, -0.2) is 6.29 Å². The Balaban J connectivity index is 2.58. The fraction of sp³-hybridized carbons (Fsp3) is 0.0833. The van der Waals surface area contributed by atoms with Gasteiger partial charge in [-0.1, -0.05) is 17.7 Å². The van der Waals surface area contributed by atoms with E-state index in [1.807, 2.05) is 37.3 Å². The first-order valence-corrected chi connectivity index (χ1v) is 4.41. The molecule has 0 fully saturated rings. The Morgan fingerprint density at radius 3 is 2.79 bits per heavy atom. The molecule has 0 bridgehead atoms. The molecular formula is C12H10O2. The maximum atomic E-state index is 10.8. The summed E-state index contributed by atoms with van der Waals surface area (Å²) in [5.41, 5.74) is 2.58. The maximum Gasteiger partial charge on any atom is 0.150 e. The molecule has 2 aromatic rings. The lowest BCUT2D eigenvalue weighted by molar-refractivity contribution is 0.112. The van der Waals surface area contributed by atoms with Crippen molar-refractivity contribution in [2.24, 2.45) is 0 Å². The van der Waals surface area contributed by atoms with Gasteiger partial charge in [-0.2, -0.15) is 0 Å². The van der Waals surface area contributed by atoms with Crippen LogP contribution in [0.1, 0.15) is 15.9 Å². The van der Waals surface area contributed by atoms with Gasteiger partial charge >= 0.3 is 0 Å². The number of hydrogen-bond donors (Lipinski definition) is 0. The number of rotatable bonds is 2. The Labute approximate surface area is 82.2 Å². The lowest BCUT2D eigenvalue weighted by atomic mass is 10.0. The number of hydrogen-bond acceptors (Lipinski definition) is 2. The lowest BCUT2D eigenvalue weighted by Crippen LogP contribution is -1.87. The number of furan rings is 1. The minimum Gasteiger partial charge on any atom is -0.464 e. The van der Waals surface area contributed by atoms with Crippen molar-refractivity contribution in [1.29, 1.82) is 0 Å². The molecule has 0 N–H and O–H groups in total. The smallest absolute Gasteiger partial charge is 0.150 e. The molecule has 0 amide bonds. The molecule has 0 aliphatic carbocycles. The van der Waals surface area contributed by atoms with Gasteiger partial charge in [-0.15, -0.1) is 0 Å². The minimum atomic E-state index is 0.667. The van der Waals surface area contributed by atoms with E-state index < -0.39 is 0 Å². The van der Waals surface area contributed by atoms with Gasteiger partial charge in [0.15, 0.2) is 6.29 Å². The minimum absolute atomic E-state index is 0.667. The van der Waals surface area contributed by atoms with Gasteiger partial charge < -0.3 is 4.42 Å². The largest absolute Gasteiger partial charge is 0.464 e. The molecule has 0 aliphatic heterocycles. The van der Waals surface area contributed by atoms with Crippen LogP contribution in [0.3, 0.4) is 0 Å². The molecule has 14 heavy (non-hydrogen) atoms. The zero-order valence-corrected chi connectivity index (χ0v) is 7.86. The summed E-state index contributed by atoms with van der Waals surface area (Å²) in [5, 5.41) is 0. The van der Waals surface area contributed by atoms with Gasteiger partial charge in [-0.05, 0) is 25.1 Å². The summed E-state index contributed by atoms with van der Waals surface area (Å²) in [4.78, 5) is 10.8. The molecule has 1 heterocycles. The summed E-state index contributed by atoms with van der Waals surface area (Å²) >= 11 is 0. The maximum absolute atomic E-state index is 10.8. The van der Waals surface area contributed by atoms with Gasteiger partial charge in [0.1, 0.15) is 5.76 Å². The van der Waals surface area contributed by atoms with Crippen molar-refractivity contribution >= 4 is 6.29 Å². The quantitative estimate of drug-likeness (QED) is 0.674. The highest BCUT2D eigenvalue weighted by Gasteiger charge is 2.06. The van der Waals surface area contributed by atoms with E-state index in [0.717, 1.165) is 23.2 Å². The summed E-state index contributed by atoms with van der Waals surface area (Å²) in [7, 11) is 0. The number of benzene rings is 1. The number of aldehydes is 1. The third-order valence-corrected chi connectivity index (χ3v) is 2.12. The van der Waals surface area contributed by atoms with Gasteiger partial charge in [0.2, 0.25) is 0 Å². The highest BCUT2D eigenvalue weighted by Crippen LogP contribution is 2.23. The monoisotopic (exact) mass is 186 g/mol. The van der Waals surface area contributed by atoms with Gasteiger partial charge in [-0.25, -0.2) is 0 Å². The Hall–Kier alpha value is -1.83. The van der Waals surface area contributed by atoms with Crippen LogP contribution in [0.25, 0.3) is 11.3 Å². The van der Waals surface area contributed by atoms with E-state index in [4.69, 9.17) is 4.42 Å². The molecule has 1 aromatic heterocycles. The third-order valence-electron chi connectivity index (χ3n) is 2.12. The van der Waals surface area contributed by atoms with Crippen molar-refractivity contribution in [2.45, 2.75) is 6.92 Å². The predicted octanol–water partition coefficient (Wildman–Crippen LogP) is 3.07. The predicted molar refractivity (Wildman–Crippen MR) is 54.3 cm³/mol. The van der Waals surface area contributed by atoms with Crippen LogP contribution in [0.4, 0.5) is 0 Å². The van der Waals surface area contributed by atoms with Crippen molar-refractivity contribution in [3.8, 4) is 11.3 Å². The average molecular weight is 186 g/mol. The molecule has 0 aliphatic rings.